The first-order valence-corrected chi connectivity index (χ1v) is 7.93. The minimum absolute atomic E-state index is 0.00807. The molecule has 1 aromatic carbocycles. The van der Waals surface area contributed by atoms with Crippen LogP contribution in [0.15, 0.2) is 12.1 Å². The summed E-state index contributed by atoms with van der Waals surface area (Å²) in [7, 11) is 0. The Hall–Kier alpha value is -1.55. The summed E-state index contributed by atoms with van der Waals surface area (Å²) < 4.78 is 6.36. The number of aliphatic hydroxyl groups is 1. The zero-order chi connectivity index (χ0) is 16.3. The van der Waals surface area contributed by atoms with Crippen molar-refractivity contribution in [1.29, 1.82) is 0 Å². The number of rotatable bonds is 1. The Bertz CT molecular complexity index is 634. The van der Waals surface area contributed by atoms with E-state index in [1.807, 2.05) is 13.8 Å². The number of aliphatic hydroxyl groups excluding tert-OH is 1. The predicted octanol–water partition coefficient (Wildman–Crippen LogP) is 3.09. The molecule has 1 heterocycles. The molecule has 22 heavy (non-hydrogen) atoms. The highest BCUT2D eigenvalue weighted by Crippen LogP contribution is 2.56. The number of aromatic hydroxyl groups is 1. The maximum absolute atomic E-state index is 11.9. The van der Waals surface area contributed by atoms with Gasteiger partial charge in [0.25, 0.3) is 0 Å². The number of hydrogen-bond acceptors (Lipinski definition) is 4. The number of fused-ring (bicyclic) bond motifs is 1. The van der Waals surface area contributed by atoms with Gasteiger partial charge in [0, 0.05) is 17.4 Å². The van der Waals surface area contributed by atoms with E-state index in [0.29, 0.717) is 17.7 Å². The third kappa shape index (κ3) is 1.83. The lowest BCUT2D eigenvalue weighted by Crippen LogP contribution is -2.61. The molecule has 1 spiro atoms. The van der Waals surface area contributed by atoms with Gasteiger partial charge in [-0.1, -0.05) is 20.8 Å². The first kappa shape index (κ1) is 15.3. The van der Waals surface area contributed by atoms with Gasteiger partial charge in [-0.15, -0.1) is 0 Å². The summed E-state index contributed by atoms with van der Waals surface area (Å²) in [5.41, 5.74) is 0.178. The second-order valence-electron chi connectivity index (χ2n) is 7.38. The molecule has 1 fully saturated rings. The van der Waals surface area contributed by atoms with E-state index in [1.54, 1.807) is 6.07 Å². The molecule has 0 aromatic heterocycles. The lowest BCUT2D eigenvalue weighted by Gasteiger charge is -2.53. The van der Waals surface area contributed by atoms with Gasteiger partial charge in [-0.25, -0.2) is 0 Å². The van der Waals surface area contributed by atoms with Crippen molar-refractivity contribution >= 4 is 5.78 Å². The molecule has 120 valence electrons. The van der Waals surface area contributed by atoms with E-state index in [2.05, 4.69) is 6.92 Å². The zero-order valence-electron chi connectivity index (χ0n) is 13.6. The minimum atomic E-state index is -0.537. The lowest BCUT2D eigenvalue weighted by molar-refractivity contribution is -0.156. The van der Waals surface area contributed by atoms with Crippen LogP contribution in [0.5, 0.6) is 11.5 Å². The lowest BCUT2D eigenvalue weighted by atomic mass is 9.58. The van der Waals surface area contributed by atoms with Crippen LogP contribution in [0.25, 0.3) is 0 Å². The Kier molecular flexibility index (Phi) is 3.29. The smallest absolute Gasteiger partial charge is 0.163 e. The van der Waals surface area contributed by atoms with Crippen molar-refractivity contribution in [2.45, 2.75) is 58.7 Å². The molecule has 0 saturated heterocycles. The van der Waals surface area contributed by atoms with E-state index in [1.165, 1.54) is 13.0 Å². The summed E-state index contributed by atoms with van der Waals surface area (Å²) in [5, 5.41) is 20.6. The maximum Gasteiger partial charge on any atom is 0.163 e. The number of Topliss-reactive ketones (excluding diaryl/α,β-unsaturated/α-hetero) is 1. The van der Waals surface area contributed by atoms with Gasteiger partial charge in [-0.05, 0) is 37.8 Å². The van der Waals surface area contributed by atoms with Crippen LogP contribution in [0, 0.1) is 11.3 Å². The van der Waals surface area contributed by atoms with E-state index < -0.39 is 17.1 Å². The van der Waals surface area contributed by atoms with Crippen molar-refractivity contribution in [2.24, 2.45) is 11.3 Å². The average Bonchev–Trinajstić information content (AvgIpc) is 2.82. The molecule has 4 heteroatoms. The quantitative estimate of drug-likeness (QED) is 0.782. The Labute approximate surface area is 131 Å². The van der Waals surface area contributed by atoms with Crippen LogP contribution in [0.1, 0.15) is 56.5 Å². The molecule has 3 rings (SSSR count). The SMILES string of the molecule is CC(=O)c1c(O)ccc2c1C[C@@]1(O2)[C@@H](C)CC[C@@H](O)C1(C)C. The van der Waals surface area contributed by atoms with Crippen LogP contribution in [-0.2, 0) is 6.42 Å². The fourth-order valence-electron chi connectivity index (χ4n) is 4.33. The Morgan fingerprint density at radius 1 is 1.32 bits per heavy atom. The molecule has 3 atom stereocenters. The fraction of sp³-hybridized carbons (Fsp3) is 0.611. The number of hydrogen-bond donors (Lipinski definition) is 2. The van der Waals surface area contributed by atoms with Gasteiger partial charge in [0.15, 0.2) is 5.78 Å². The third-order valence-corrected chi connectivity index (χ3v) is 5.92. The molecule has 1 aromatic rings. The van der Waals surface area contributed by atoms with Crippen molar-refractivity contribution in [2.75, 3.05) is 0 Å². The molecule has 1 aliphatic carbocycles. The monoisotopic (exact) mass is 304 g/mol. The van der Waals surface area contributed by atoms with Gasteiger partial charge in [0.05, 0.1) is 11.7 Å². The molecule has 0 bridgehead atoms. The van der Waals surface area contributed by atoms with Gasteiger partial charge in [-0.3, -0.25) is 4.79 Å². The van der Waals surface area contributed by atoms with Crippen molar-refractivity contribution in [3.05, 3.63) is 23.3 Å². The first-order valence-electron chi connectivity index (χ1n) is 7.93. The molecule has 0 radical (unpaired) electrons. The van der Waals surface area contributed by atoms with Gasteiger partial charge >= 0.3 is 0 Å². The highest BCUT2D eigenvalue weighted by Gasteiger charge is 2.60. The van der Waals surface area contributed by atoms with E-state index in [0.717, 1.165) is 18.4 Å². The Balaban J connectivity index is 2.13. The average molecular weight is 304 g/mol. The fourth-order valence-corrected chi connectivity index (χ4v) is 4.33. The number of ether oxygens (including phenoxy) is 1. The molecule has 0 amide bonds. The van der Waals surface area contributed by atoms with Crippen LogP contribution in [-0.4, -0.2) is 27.7 Å². The third-order valence-electron chi connectivity index (χ3n) is 5.92. The second kappa shape index (κ2) is 4.72. The Morgan fingerprint density at radius 3 is 2.64 bits per heavy atom. The second-order valence-corrected chi connectivity index (χ2v) is 7.38. The topological polar surface area (TPSA) is 66.8 Å². The van der Waals surface area contributed by atoms with Crippen molar-refractivity contribution in [1.82, 2.24) is 0 Å². The number of carbonyl (C=O) groups is 1. The number of benzene rings is 1. The first-order chi connectivity index (χ1) is 10.2. The summed E-state index contributed by atoms with van der Waals surface area (Å²) in [6, 6.07) is 3.25. The minimum Gasteiger partial charge on any atom is -0.507 e. The molecule has 2 N–H and O–H groups in total. The number of phenols is 1. The normalized spacial score (nSPS) is 32.6. The number of phenolic OH excluding ortho intramolecular Hbond substituents is 1. The summed E-state index contributed by atoms with van der Waals surface area (Å²) in [6.45, 7) is 7.68. The summed E-state index contributed by atoms with van der Waals surface area (Å²) in [4.78, 5) is 11.9. The van der Waals surface area contributed by atoms with E-state index >= 15 is 0 Å². The summed E-state index contributed by atoms with van der Waals surface area (Å²) in [6.07, 6.45) is 1.77. The molecule has 0 unspecified atom stereocenters. The van der Waals surface area contributed by atoms with Gasteiger partial charge in [0.2, 0.25) is 0 Å². The number of ketones is 1. The van der Waals surface area contributed by atoms with Crippen molar-refractivity contribution in [3.63, 3.8) is 0 Å². The van der Waals surface area contributed by atoms with Crippen LogP contribution >= 0.6 is 0 Å². The summed E-state index contributed by atoms with van der Waals surface area (Å²) >= 11 is 0. The zero-order valence-corrected chi connectivity index (χ0v) is 13.6. The van der Waals surface area contributed by atoms with E-state index in [-0.39, 0.29) is 17.5 Å². The van der Waals surface area contributed by atoms with Crippen LogP contribution in [0.3, 0.4) is 0 Å². The highest BCUT2D eigenvalue weighted by atomic mass is 16.5. The standard InChI is InChI=1S/C18H24O4/c1-10-5-8-15(21)17(3,4)18(10)9-12-14(22-18)7-6-13(20)16(12)11(2)19/h6-7,10,15,20-21H,5,8-9H2,1-4H3/t10-,15+,18+/m0/s1. The van der Waals surface area contributed by atoms with Crippen molar-refractivity contribution in [3.8, 4) is 11.5 Å². The molecule has 1 saturated carbocycles. The van der Waals surface area contributed by atoms with Gasteiger partial charge < -0.3 is 14.9 Å². The van der Waals surface area contributed by atoms with Gasteiger partial charge in [0.1, 0.15) is 17.1 Å². The highest BCUT2D eigenvalue weighted by molar-refractivity contribution is 5.99. The van der Waals surface area contributed by atoms with Crippen LogP contribution in [0.4, 0.5) is 0 Å². The van der Waals surface area contributed by atoms with E-state index in [9.17, 15) is 15.0 Å². The number of carbonyl (C=O) groups excluding carboxylic acids is 1. The summed E-state index contributed by atoms with van der Waals surface area (Å²) in [5.74, 6) is 0.780. The molecule has 4 nitrogen and oxygen atoms in total. The largest absolute Gasteiger partial charge is 0.507 e. The van der Waals surface area contributed by atoms with Crippen LogP contribution in [0.2, 0.25) is 0 Å². The molecule has 2 aliphatic rings. The predicted molar refractivity (Wildman–Crippen MR) is 83.4 cm³/mol. The molecular formula is C18H24O4. The van der Waals surface area contributed by atoms with Crippen molar-refractivity contribution < 1.29 is 19.7 Å². The Morgan fingerprint density at radius 2 is 2.00 bits per heavy atom. The maximum atomic E-state index is 11.9. The molecular weight excluding hydrogens is 280 g/mol. The van der Waals surface area contributed by atoms with Crippen LogP contribution < -0.4 is 4.74 Å². The molecule has 1 aliphatic heterocycles. The van der Waals surface area contributed by atoms with E-state index in [4.69, 9.17) is 4.74 Å². The van der Waals surface area contributed by atoms with Gasteiger partial charge in [-0.2, -0.15) is 0 Å².